The Morgan fingerprint density at radius 3 is 2.90 bits per heavy atom. The first kappa shape index (κ1) is 15.0. The fraction of sp³-hybridized carbons (Fsp3) is 0.357. The Kier molecular flexibility index (Phi) is 4.86. The van der Waals surface area contributed by atoms with Gasteiger partial charge in [-0.15, -0.1) is 0 Å². The van der Waals surface area contributed by atoms with E-state index in [9.17, 15) is 14.0 Å². The lowest BCUT2D eigenvalue weighted by Crippen LogP contribution is -2.39. The van der Waals surface area contributed by atoms with Gasteiger partial charge in [0.25, 0.3) is 5.91 Å². The molecule has 1 aromatic rings. The number of carbonyl (C=O) groups is 2. The number of ether oxygens (including phenoxy) is 1. The van der Waals surface area contributed by atoms with E-state index in [1.807, 2.05) is 0 Å². The van der Waals surface area contributed by atoms with Gasteiger partial charge in [0, 0.05) is 19.9 Å². The first-order chi connectivity index (χ1) is 10.1. The van der Waals surface area contributed by atoms with Gasteiger partial charge in [-0.3, -0.25) is 9.59 Å². The molecule has 1 aliphatic rings. The van der Waals surface area contributed by atoms with Crippen LogP contribution < -0.4 is 10.1 Å². The molecule has 2 amide bonds. The fourth-order valence-corrected chi connectivity index (χ4v) is 1.82. The van der Waals surface area contributed by atoms with Gasteiger partial charge in [-0.2, -0.15) is 5.10 Å². The number of para-hydroxylation sites is 1. The van der Waals surface area contributed by atoms with E-state index >= 15 is 0 Å². The van der Waals surface area contributed by atoms with Crippen molar-refractivity contribution in [3.05, 3.63) is 30.1 Å². The van der Waals surface area contributed by atoms with Crippen LogP contribution in [0.1, 0.15) is 12.8 Å². The van der Waals surface area contributed by atoms with Crippen molar-refractivity contribution >= 4 is 17.5 Å². The second-order valence-corrected chi connectivity index (χ2v) is 4.50. The second-order valence-electron chi connectivity index (χ2n) is 4.50. The quantitative estimate of drug-likeness (QED) is 0.821. The number of rotatable bonds is 5. The molecule has 1 aromatic carbocycles. The van der Waals surface area contributed by atoms with Crippen LogP contribution in [0.15, 0.2) is 29.4 Å². The summed E-state index contributed by atoms with van der Waals surface area (Å²) in [7, 11) is 1.51. The summed E-state index contributed by atoms with van der Waals surface area (Å²) in [6.45, 7) is 0.374. The van der Waals surface area contributed by atoms with Crippen molar-refractivity contribution < 1.29 is 18.7 Å². The number of nitrogens with zero attached hydrogens (tertiary/aromatic N) is 2. The molecular formula is C14H16FN3O3. The average Bonchev–Trinajstić information content (AvgIpc) is 2.48. The van der Waals surface area contributed by atoms with Crippen LogP contribution in [0, 0.1) is 5.82 Å². The van der Waals surface area contributed by atoms with Crippen molar-refractivity contribution in [1.29, 1.82) is 0 Å². The molecule has 1 aliphatic heterocycles. The highest BCUT2D eigenvalue weighted by atomic mass is 19.1. The number of benzene rings is 1. The van der Waals surface area contributed by atoms with Gasteiger partial charge in [0.2, 0.25) is 5.91 Å². The van der Waals surface area contributed by atoms with Gasteiger partial charge in [0.05, 0.1) is 6.54 Å². The number of hydrogen-bond acceptors (Lipinski definition) is 4. The van der Waals surface area contributed by atoms with Gasteiger partial charge in [-0.05, 0) is 12.1 Å². The third-order valence-corrected chi connectivity index (χ3v) is 2.95. The van der Waals surface area contributed by atoms with Crippen LogP contribution in [0.2, 0.25) is 0 Å². The van der Waals surface area contributed by atoms with Crippen LogP contribution in [-0.4, -0.2) is 42.7 Å². The van der Waals surface area contributed by atoms with E-state index in [0.717, 1.165) is 5.01 Å². The van der Waals surface area contributed by atoms with Crippen molar-refractivity contribution in [1.82, 2.24) is 10.3 Å². The predicted octanol–water partition coefficient (Wildman–Crippen LogP) is 0.929. The minimum atomic E-state index is -0.444. The molecule has 112 valence electrons. The van der Waals surface area contributed by atoms with Crippen molar-refractivity contribution in [3.8, 4) is 5.75 Å². The van der Waals surface area contributed by atoms with Crippen LogP contribution in [0.25, 0.3) is 0 Å². The summed E-state index contributed by atoms with van der Waals surface area (Å²) < 4.78 is 18.5. The van der Waals surface area contributed by atoms with E-state index in [2.05, 4.69) is 10.4 Å². The summed E-state index contributed by atoms with van der Waals surface area (Å²) in [5.41, 5.74) is 0.308. The smallest absolute Gasteiger partial charge is 0.267 e. The molecule has 21 heavy (non-hydrogen) atoms. The summed E-state index contributed by atoms with van der Waals surface area (Å²) in [5.74, 6) is -0.756. The molecule has 0 spiro atoms. The molecule has 0 atom stereocenters. The molecule has 0 bridgehead atoms. The summed E-state index contributed by atoms with van der Waals surface area (Å²) >= 11 is 0. The van der Waals surface area contributed by atoms with Crippen molar-refractivity contribution in [3.63, 3.8) is 0 Å². The Morgan fingerprint density at radius 2 is 2.19 bits per heavy atom. The monoisotopic (exact) mass is 293 g/mol. The standard InChI is InChI=1S/C14H16FN3O3/c1-18-13(19)7-6-11(17-18)14(20)16-8-9-21-12-5-3-2-4-10(12)15/h2-5H,6-9H2,1H3,(H,16,20). The topological polar surface area (TPSA) is 71.0 Å². The number of hydrogen-bond donors (Lipinski definition) is 1. The molecule has 0 fully saturated rings. The minimum Gasteiger partial charge on any atom is -0.489 e. The van der Waals surface area contributed by atoms with Gasteiger partial charge in [-0.1, -0.05) is 12.1 Å². The first-order valence-corrected chi connectivity index (χ1v) is 6.57. The number of nitrogens with one attached hydrogen (secondary N) is 1. The van der Waals surface area contributed by atoms with Crippen LogP contribution >= 0.6 is 0 Å². The molecule has 0 saturated carbocycles. The van der Waals surface area contributed by atoms with E-state index in [1.165, 1.54) is 19.2 Å². The molecule has 0 aliphatic carbocycles. The van der Waals surface area contributed by atoms with Crippen molar-refractivity contribution in [2.24, 2.45) is 5.10 Å². The first-order valence-electron chi connectivity index (χ1n) is 6.57. The third-order valence-electron chi connectivity index (χ3n) is 2.95. The normalized spacial score (nSPS) is 14.7. The zero-order valence-corrected chi connectivity index (χ0v) is 11.6. The predicted molar refractivity (Wildman–Crippen MR) is 74.3 cm³/mol. The van der Waals surface area contributed by atoms with Gasteiger partial charge in [0.15, 0.2) is 11.6 Å². The van der Waals surface area contributed by atoms with E-state index in [0.29, 0.717) is 12.1 Å². The molecule has 0 aromatic heterocycles. The Bertz CT molecular complexity index is 574. The van der Waals surface area contributed by atoms with Crippen LogP contribution in [0.4, 0.5) is 4.39 Å². The Hall–Kier alpha value is -2.44. The van der Waals surface area contributed by atoms with Gasteiger partial charge in [-0.25, -0.2) is 9.40 Å². The lowest BCUT2D eigenvalue weighted by atomic mass is 10.1. The SMILES string of the molecule is CN1N=C(C(=O)NCCOc2ccccc2F)CCC1=O. The maximum Gasteiger partial charge on any atom is 0.267 e. The summed E-state index contributed by atoms with van der Waals surface area (Å²) in [5, 5.41) is 7.69. The highest BCUT2D eigenvalue weighted by molar-refractivity contribution is 6.39. The fourth-order valence-electron chi connectivity index (χ4n) is 1.82. The molecule has 7 heteroatoms. The molecule has 1 heterocycles. The molecular weight excluding hydrogens is 277 g/mol. The largest absolute Gasteiger partial charge is 0.489 e. The Morgan fingerprint density at radius 1 is 1.43 bits per heavy atom. The number of hydrazone groups is 1. The molecule has 0 saturated heterocycles. The summed E-state index contributed by atoms with van der Waals surface area (Å²) in [6.07, 6.45) is 0.595. The lowest BCUT2D eigenvalue weighted by Gasteiger charge is -2.18. The van der Waals surface area contributed by atoms with Crippen molar-refractivity contribution in [2.45, 2.75) is 12.8 Å². The number of amides is 2. The van der Waals surface area contributed by atoms with Crippen LogP contribution in [0.3, 0.4) is 0 Å². The highest BCUT2D eigenvalue weighted by Gasteiger charge is 2.21. The van der Waals surface area contributed by atoms with Crippen LogP contribution in [0.5, 0.6) is 5.75 Å². The lowest BCUT2D eigenvalue weighted by molar-refractivity contribution is -0.130. The Labute approximate surface area is 121 Å². The van der Waals surface area contributed by atoms with Gasteiger partial charge < -0.3 is 10.1 Å². The molecule has 2 rings (SSSR count). The summed E-state index contributed by atoms with van der Waals surface area (Å²) in [6, 6.07) is 6.06. The molecule has 6 nitrogen and oxygen atoms in total. The number of halogens is 1. The van der Waals surface area contributed by atoms with E-state index < -0.39 is 5.82 Å². The molecule has 0 unspecified atom stereocenters. The highest BCUT2D eigenvalue weighted by Crippen LogP contribution is 2.14. The minimum absolute atomic E-state index is 0.116. The maximum absolute atomic E-state index is 13.3. The maximum atomic E-state index is 13.3. The second kappa shape index (κ2) is 6.83. The van der Waals surface area contributed by atoms with E-state index in [4.69, 9.17) is 4.74 Å². The van der Waals surface area contributed by atoms with E-state index in [1.54, 1.807) is 12.1 Å². The molecule has 0 radical (unpaired) electrons. The van der Waals surface area contributed by atoms with Crippen molar-refractivity contribution in [2.75, 3.05) is 20.2 Å². The average molecular weight is 293 g/mol. The summed E-state index contributed by atoms with van der Waals surface area (Å²) in [4.78, 5) is 23.1. The number of carbonyl (C=O) groups excluding carboxylic acids is 2. The van der Waals surface area contributed by atoms with Crippen LogP contribution in [-0.2, 0) is 9.59 Å². The van der Waals surface area contributed by atoms with Gasteiger partial charge >= 0.3 is 0 Å². The zero-order valence-electron chi connectivity index (χ0n) is 11.6. The molecule has 1 N–H and O–H groups in total. The zero-order chi connectivity index (χ0) is 15.2. The van der Waals surface area contributed by atoms with E-state index in [-0.39, 0.29) is 37.1 Å². The third kappa shape index (κ3) is 4.01. The Balaban J connectivity index is 1.76. The van der Waals surface area contributed by atoms with Gasteiger partial charge in [0.1, 0.15) is 12.3 Å².